The lowest BCUT2D eigenvalue weighted by Gasteiger charge is -2.08. The van der Waals surface area contributed by atoms with E-state index >= 15 is 0 Å². The number of aryl methyl sites for hydroxylation is 1. The van der Waals surface area contributed by atoms with Gasteiger partial charge in [-0.05, 0) is 30.7 Å². The highest BCUT2D eigenvalue weighted by Crippen LogP contribution is 2.22. The zero-order valence-corrected chi connectivity index (χ0v) is 11.2. The molecule has 0 aliphatic rings. The number of rotatable bonds is 4. The van der Waals surface area contributed by atoms with Crippen molar-refractivity contribution in [2.75, 3.05) is 12.4 Å². The number of halogens is 1. The summed E-state index contributed by atoms with van der Waals surface area (Å²) in [5.74, 6) is 0.100. The third-order valence-corrected chi connectivity index (χ3v) is 2.81. The number of carbonyl (C=O) groups excluding carboxylic acids is 1. The molecule has 0 unspecified atom stereocenters. The van der Waals surface area contributed by atoms with Gasteiger partial charge in [0.2, 0.25) is 17.0 Å². The first-order valence-corrected chi connectivity index (χ1v) is 5.89. The third-order valence-electron chi connectivity index (χ3n) is 2.51. The van der Waals surface area contributed by atoms with E-state index in [1.54, 1.807) is 25.3 Å². The largest absolute Gasteiger partial charge is 0.480 e. The number of hydrogen-bond donors (Lipinski definition) is 1. The quantitative estimate of drug-likeness (QED) is 0.930. The van der Waals surface area contributed by atoms with Crippen molar-refractivity contribution in [2.24, 2.45) is 0 Å². The molecule has 0 spiro atoms. The highest BCUT2D eigenvalue weighted by Gasteiger charge is 2.16. The fraction of sp³-hybridized carbons (Fsp3) is 0.250. The Hall–Kier alpha value is -2.08. The number of hydrogen-bond acceptors (Lipinski definition) is 5. The summed E-state index contributed by atoms with van der Waals surface area (Å²) < 4.78 is 9.84. The molecule has 100 valence electrons. The zero-order chi connectivity index (χ0) is 13.8. The highest BCUT2D eigenvalue weighted by atomic mass is 35.5. The number of ether oxygens (including phenoxy) is 1. The fourth-order valence-electron chi connectivity index (χ4n) is 1.56. The van der Waals surface area contributed by atoms with Crippen LogP contribution in [0.25, 0.3) is 0 Å². The SMILES string of the molecule is COc1ncccc1NC(=O)Cc1c(C)noc1Cl. The first-order valence-electron chi connectivity index (χ1n) is 5.51. The van der Waals surface area contributed by atoms with Crippen LogP contribution in [0, 0.1) is 6.92 Å². The molecule has 0 atom stereocenters. The fourth-order valence-corrected chi connectivity index (χ4v) is 1.80. The molecule has 2 rings (SSSR count). The van der Waals surface area contributed by atoms with Gasteiger partial charge in [0.1, 0.15) is 5.69 Å². The molecule has 0 aromatic carbocycles. The minimum Gasteiger partial charge on any atom is -0.480 e. The number of carbonyl (C=O) groups is 1. The van der Waals surface area contributed by atoms with Crippen LogP contribution in [0.15, 0.2) is 22.9 Å². The lowest BCUT2D eigenvalue weighted by molar-refractivity contribution is -0.115. The molecule has 0 saturated carbocycles. The molecule has 2 heterocycles. The molecule has 6 nitrogen and oxygen atoms in total. The number of nitrogens with zero attached hydrogens (tertiary/aromatic N) is 2. The summed E-state index contributed by atoms with van der Waals surface area (Å²) >= 11 is 5.80. The molecule has 1 N–H and O–H groups in total. The van der Waals surface area contributed by atoms with Crippen molar-refractivity contribution in [3.05, 3.63) is 34.8 Å². The van der Waals surface area contributed by atoms with Crippen LogP contribution in [0.3, 0.4) is 0 Å². The van der Waals surface area contributed by atoms with Crippen LogP contribution in [-0.4, -0.2) is 23.2 Å². The topological polar surface area (TPSA) is 77.2 Å². The Bertz CT molecular complexity index is 578. The summed E-state index contributed by atoms with van der Waals surface area (Å²) in [6.07, 6.45) is 1.65. The number of aromatic nitrogens is 2. The molecule has 19 heavy (non-hydrogen) atoms. The van der Waals surface area contributed by atoms with Crippen LogP contribution >= 0.6 is 11.6 Å². The highest BCUT2D eigenvalue weighted by molar-refractivity contribution is 6.29. The van der Waals surface area contributed by atoms with Crippen molar-refractivity contribution in [1.29, 1.82) is 0 Å². The molecule has 7 heteroatoms. The van der Waals surface area contributed by atoms with Crippen molar-refractivity contribution < 1.29 is 14.1 Å². The lowest BCUT2D eigenvalue weighted by atomic mass is 10.2. The average Bonchev–Trinajstić information content (AvgIpc) is 2.71. The first-order chi connectivity index (χ1) is 9.11. The van der Waals surface area contributed by atoms with Crippen LogP contribution in [0.2, 0.25) is 5.22 Å². The van der Waals surface area contributed by atoms with E-state index in [1.807, 2.05) is 0 Å². The van der Waals surface area contributed by atoms with Crippen LogP contribution < -0.4 is 10.1 Å². The van der Waals surface area contributed by atoms with Gasteiger partial charge in [-0.2, -0.15) is 0 Å². The Balaban J connectivity index is 2.10. The van der Waals surface area contributed by atoms with E-state index in [1.165, 1.54) is 7.11 Å². The molecule has 0 aliphatic heterocycles. The number of amides is 1. The van der Waals surface area contributed by atoms with Crippen LogP contribution in [0.4, 0.5) is 5.69 Å². The molecule has 0 fully saturated rings. The Morgan fingerprint density at radius 2 is 2.37 bits per heavy atom. The molecular weight excluding hydrogens is 270 g/mol. The van der Waals surface area contributed by atoms with Gasteiger partial charge in [-0.25, -0.2) is 4.98 Å². The molecule has 2 aromatic rings. The monoisotopic (exact) mass is 281 g/mol. The standard InChI is InChI=1S/C12H12ClN3O3/c1-7-8(11(13)19-16-7)6-10(17)15-9-4-3-5-14-12(9)18-2/h3-5H,6H2,1-2H3,(H,15,17). The summed E-state index contributed by atoms with van der Waals surface area (Å²) in [6.45, 7) is 1.72. The van der Waals surface area contributed by atoms with Crippen LogP contribution in [0.1, 0.15) is 11.3 Å². The Labute approximate surface area is 114 Å². The number of methoxy groups -OCH3 is 1. The van der Waals surface area contributed by atoms with E-state index < -0.39 is 0 Å². The van der Waals surface area contributed by atoms with Gasteiger partial charge < -0.3 is 14.6 Å². The summed E-state index contributed by atoms with van der Waals surface area (Å²) in [4.78, 5) is 15.9. The van der Waals surface area contributed by atoms with Crippen molar-refractivity contribution in [1.82, 2.24) is 10.1 Å². The Morgan fingerprint density at radius 1 is 1.58 bits per heavy atom. The molecule has 0 bridgehead atoms. The Morgan fingerprint density at radius 3 is 3.00 bits per heavy atom. The summed E-state index contributed by atoms with van der Waals surface area (Å²) in [5, 5.41) is 6.52. The smallest absolute Gasteiger partial charge is 0.237 e. The van der Waals surface area contributed by atoms with Crippen molar-refractivity contribution in [3.63, 3.8) is 0 Å². The van der Waals surface area contributed by atoms with E-state index in [-0.39, 0.29) is 17.5 Å². The lowest BCUT2D eigenvalue weighted by Crippen LogP contribution is -2.15. The average molecular weight is 282 g/mol. The second-order valence-electron chi connectivity index (χ2n) is 3.81. The molecule has 0 saturated heterocycles. The van der Waals surface area contributed by atoms with Crippen molar-refractivity contribution >= 4 is 23.2 Å². The molecule has 0 aliphatic carbocycles. The number of anilines is 1. The van der Waals surface area contributed by atoms with E-state index in [0.29, 0.717) is 22.8 Å². The minimum absolute atomic E-state index is 0.0756. The molecule has 2 aromatic heterocycles. The predicted molar refractivity (Wildman–Crippen MR) is 69.4 cm³/mol. The third kappa shape index (κ3) is 3.03. The minimum atomic E-state index is -0.250. The maximum absolute atomic E-state index is 11.9. The van der Waals surface area contributed by atoms with E-state index in [4.69, 9.17) is 20.9 Å². The maximum Gasteiger partial charge on any atom is 0.237 e. The molecule has 0 radical (unpaired) electrons. The summed E-state index contributed by atoms with van der Waals surface area (Å²) in [7, 11) is 1.49. The second-order valence-corrected chi connectivity index (χ2v) is 4.15. The molecule has 1 amide bonds. The van der Waals surface area contributed by atoms with E-state index in [9.17, 15) is 4.79 Å². The second kappa shape index (κ2) is 5.71. The van der Waals surface area contributed by atoms with Gasteiger partial charge >= 0.3 is 0 Å². The van der Waals surface area contributed by atoms with Gasteiger partial charge in [0.25, 0.3) is 0 Å². The van der Waals surface area contributed by atoms with Gasteiger partial charge in [0.05, 0.1) is 19.2 Å². The number of nitrogens with one attached hydrogen (secondary N) is 1. The predicted octanol–water partition coefficient (Wildman–Crippen LogP) is 2.22. The van der Waals surface area contributed by atoms with Crippen molar-refractivity contribution in [3.8, 4) is 5.88 Å². The molecular formula is C12H12ClN3O3. The van der Waals surface area contributed by atoms with Gasteiger partial charge in [0.15, 0.2) is 0 Å². The first kappa shape index (κ1) is 13.4. The van der Waals surface area contributed by atoms with E-state index in [0.717, 1.165) is 0 Å². The van der Waals surface area contributed by atoms with Gasteiger partial charge in [-0.15, -0.1) is 0 Å². The zero-order valence-electron chi connectivity index (χ0n) is 10.4. The van der Waals surface area contributed by atoms with Gasteiger partial charge in [0, 0.05) is 11.8 Å². The normalized spacial score (nSPS) is 10.3. The van der Waals surface area contributed by atoms with E-state index in [2.05, 4.69) is 15.5 Å². The van der Waals surface area contributed by atoms with Gasteiger partial charge in [-0.1, -0.05) is 5.16 Å². The van der Waals surface area contributed by atoms with Crippen molar-refractivity contribution in [2.45, 2.75) is 13.3 Å². The van der Waals surface area contributed by atoms with Crippen LogP contribution in [-0.2, 0) is 11.2 Å². The summed E-state index contributed by atoms with van der Waals surface area (Å²) in [6, 6.07) is 3.40. The maximum atomic E-state index is 11.9. The summed E-state index contributed by atoms with van der Waals surface area (Å²) in [5.41, 5.74) is 1.67. The van der Waals surface area contributed by atoms with Gasteiger partial charge in [-0.3, -0.25) is 4.79 Å². The number of pyridine rings is 1. The van der Waals surface area contributed by atoms with Crippen LogP contribution in [0.5, 0.6) is 5.88 Å². The Kier molecular flexibility index (Phi) is 4.01.